The number of aromatic nitrogens is 4. The molecule has 3 N–H and O–H groups in total. The van der Waals surface area contributed by atoms with Crippen LogP contribution in [0.2, 0.25) is 0 Å². The van der Waals surface area contributed by atoms with E-state index >= 15 is 0 Å². The van der Waals surface area contributed by atoms with Gasteiger partial charge in [0.05, 0.1) is 18.0 Å². The smallest absolute Gasteiger partial charge is 0.235 e. The molecule has 2 aromatic heterocycles. The van der Waals surface area contributed by atoms with Gasteiger partial charge in [0.25, 0.3) is 0 Å². The van der Waals surface area contributed by atoms with Gasteiger partial charge in [0, 0.05) is 34.7 Å². The van der Waals surface area contributed by atoms with Crippen LogP contribution in [0, 0.1) is 6.92 Å². The molecule has 1 fully saturated rings. The standard InChI is InChI=1S/C19H21N7O2S2/c1-13-10-17(23-22-13)21-19-12-25(11-18-20-8-9-26(18)19)29-15-4-2-14(3-5-15)24-30(27,28)16-6-7-16/h2-5,8-10,12,16,24H,6-7,11H2,1H3,(H2,21,22,23). The van der Waals surface area contributed by atoms with Crippen LogP contribution in [0.25, 0.3) is 5.82 Å². The Kier molecular flexibility index (Phi) is 4.70. The van der Waals surface area contributed by atoms with Gasteiger partial charge in [-0.15, -0.1) is 0 Å². The van der Waals surface area contributed by atoms with Crippen LogP contribution in [0.5, 0.6) is 0 Å². The highest BCUT2D eigenvalue weighted by molar-refractivity contribution is 7.97. The summed E-state index contributed by atoms with van der Waals surface area (Å²) < 4.78 is 30.9. The minimum absolute atomic E-state index is 0.238. The minimum atomic E-state index is -3.25. The lowest BCUT2D eigenvalue weighted by atomic mass is 10.3. The summed E-state index contributed by atoms with van der Waals surface area (Å²) in [4.78, 5) is 5.44. The Morgan fingerprint density at radius 2 is 2.03 bits per heavy atom. The number of H-pyrrole nitrogens is 1. The molecule has 0 radical (unpaired) electrons. The van der Waals surface area contributed by atoms with E-state index < -0.39 is 10.0 Å². The summed E-state index contributed by atoms with van der Waals surface area (Å²) in [6.07, 6.45) is 7.18. The fourth-order valence-electron chi connectivity index (χ4n) is 3.16. The zero-order valence-electron chi connectivity index (χ0n) is 16.2. The first-order chi connectivity index (χ1) is 14.5. The van der Waals surface area contributed by atoms with Gasteiger partial charge in [-0.1, -0.05) is 0 Å². The number of nitrogens with one attached hydrogen (secondary N) is 3. The molecule has 1 saturated carbocycles. The number of benzene rings is 1. The second-order valence-electron chi connectivity index (χ2n) is 7.33. The molecule has 3 aromatic rings. The van der Waals surface area contributed by atoms with E-state index in [9.17, 15) is 8.42 Å². The number of anilines is 2. The lowest BCUT2D eigenvalue weighted by molar-refractivity contribution is 0.562. The first-order valence-corrected chi connectivity index (χ1v) is 11.9. The number of aromatic amines is 1. The van der Waals surface area contributed by atoms with Crippen LogP contribution >= 0.6 is 11.9 Å². The van der Waals surface area contributed by atoms with Crippen LogP contribution in [-0.4, -0.2) is 37.7 Å². The monoisotopic (exact) mass is 443 g/mol. The second-order valence-corrected chi connectivity index (χ2v) is 10.4. The zero-order chi connectivity index (χ0) is 20.7. The third-order valence-electron chi connectivity index (χ3n) is 4.80. The van der Waals surface area contributed by atoms with Crippen molar-refractivity contribution in [2.24, 2.45) is 0 Å². The largest absolute Gasteiger partial charge is 0.323 e. The molecule has 0 spiro atoms. The normalized spacial score (nSPS) is 16.2. The van der Waals surface area contributed by atoms with Gasteiger partial charge in [-0.25, -0.2) is 13.4 Å². The summed E-state index contributed by atoms with van der Waals surface area (Å²) in [5.41, 5.74) is 1.57. The summed E-state index contributed by atoms with van der Waals surface area (Å²) in [7, 11) is -3.25. The number of aryl methyl sites for hydroxylation is 1. The molecule has 1 aromatic carbocycles. The summed E-state index contributed by atoms with van der Waals surface area (Å²) >= 11 is 1.55. The van der Waals surface area contributed by atoms with E-state index in [1.54, 1.807) is 30.3 Å². The fourth-order valence-corrected chi connectivity index (χ4v) is 5.41. The molecule has 9 nitrogen and oxygen atoms in total. The number of rotatable bonds is 7. The van der Waals surface area contributed by atoms with Crippen molar-refractivity contribution in [1.82, 2.24) is 24.1 Å². The van der Waals surface area contributed by atoms with Crippen molar-refractivity contribution in [3.05, 3.63) is 60.4 Å². The van der Waals surface area contributed by atoms with E-state index in [2.05, 4.69) is 29.5 Å². The molecular weight excluding hydrogens is 422 g/mol. The molecule has 1 aliphatic carbocycles. The van der Waals surface area contributed by atoms with E-state index in [-0.39, 0.29) is 5.25 Å². The quantitative estimate of drug-likeness (QED) is 0.481. The van der Waals surface area contributed by atoms with Gasteiger partial charge in [-0.3, -0.25) is 14.4 Å². The Hall–Kier alpha value is -2.92. The van der Waals surface area contributed by atoms with Crippen LogP contribution in [0.4, 0.5) is 11.5 Å². The Morgan fingerprint density at radius 1 is 1.23 bits per heavy atom. The molecule has 0 bridgehead atoms. The Labute approximate surface area is 178 Å². The average Bonchev–Trinajstić information content (AvgIpc) is 3.35. The maximum Gasteiger partial charge on any atom is 0.235 e. The maximum absolute atomic E-state index is 12.1. The molecule has 0 atom stereocenters. The van der Waals surface area contributed by atoms with E-state index in [4.69, 9.17) is 0 Å². The zero-order valence-corrected chi connectivity index (χ0v) is 17.9. The van der Waals surface area contributed by atoms with Gasteiger partial charge in [-0.05, 0) is 56.0 Å². The number of sulfonamides is 1. The molecular formula is C19H21N7O2S2. The molecule has 3 heterocycles. The summed E-state index contributed by atoms with van der Waals surface area (Å²) in [5.74, 6) is 2.49. The van der Waals surface area contributed by atoms with E-state index in [0.29, 0.717) is 12.2 Å². The molecule has 5 rings (SSSR count). The predicted octanol–water partition coefficient (Wildman–Crippen LogP) is 3.21. The molecule has 156 valence electrons. The highest BCUT2D eigenvalue weighted by Gasteiger charge is 2.35. The van der Waals surface area contributed by atoms with Gasteiger partial charge < -0.3 is 9.62 Å². The van der Waals surface area contributed by atoms with Gasteiger partial charge in [-0.2, -0.15) is 5.10 Å². The SMILES string of the molecule is Cc1cc(NC2=CN(Sc3ccc(NS(=O)(=O)C4CC4)cc3)Cc3nccn32)n[nH]1. The molecule has 0 unspecified atom stereocenters. The molecule has 11 heteroatoms. The number of hydrogen-bond donors (Lipinski definition) is 3. The van der Waals surface area contributed by atoms with Crippen LogP contribution in [-0.2, 0) is 16.6 Å². The van der Waals surface area contributed by atoms with Gasteiger partial charge in [0.15, 0.2) is 5.82 Å². The first kappa shape index (κ1) is 19.1. The number of fused-ring (bicyclic) bond motifs is 1. The number of nitrogens with zero attached hydrogens (tertiary/aromatic N) is 4. The van der Waals surface area contributed by atoms with E-state index in [1.165, 1.54) is 0 Å². The van der Waals surface area contributed by atoms with Crippen molar-refractivity contribution in [1.29, 1.82) is 0 Å². The Balaban J connectivity index is 1.31. The van der Waals surface area contributed by atoms with E-state index in [1.807, 2.05) is 42.1 Å². The summed E-state index contributed by atoms with van der Waals surface area (Å²) in [6.45, 7) is 2.59. The predicted molar refractivity (Wildman–Crippen MR) is 117 cm³/mol. The fraction of sp³-hybridized carbons (Fsp3) is 0.263. The lowest BCUT2D eigenvalue weighted by Crippen LogP contribution is -2.23. The van der Waals surface area contributed by atoms with Crippen molar-refractivity contribution in [2.75, 3.05) is 10.0 Å². The van der Waals surface area contributed by atoms with Crippen molar-refractivity contribution in [3.63, 3.8) is 0 Å². The maximum atomic E-state index is 12.1. The topological polar surface area (TPSA) is 108 Å². The average molecular weight is 444 g/mol. The Bertz CT molecular complexity index is 1190. The molecule has 0 saturated heterocycles. The van der Waals surface area contributed by atoms with Crippen molar-refractivity contribution in [2.45, 2.75) is 36.5 Å². The second kappa shape index (κ2) is 7.40. The third-order valence-corrected chi connectivity index (χ3v) is 7.62. The molecule has 30 heavy (non-hydrogen) atoms. The van der Waals surface area contributed by atoms with Crippen LogP contribution in [0.1, 0.15) is 24.4 Å². The van der Waals surface area contributed by atoms with Crippen molar-refractivity contribution >= 4 is 39.3 Å². The first-order valence-electron chi connectivity index (χ1n) is 9.56. The molecule has 2 aliphatic rings. The van der Waals surface area contributed by atoms with Gasteiger partial charge in [0.1, 0.15) is 11.6 Å². The summed E-state index contributed by atoms with van der Waals surface area (Å²) in [6, 6.07) is 9.35. The van der Waals surface area contributed by atoms with Crippen molar-refractivity contribution in [3.8, 4) is 0 Å². The van der Waals surface area contributed by atoms with Crippen LogP contribution in [0.3, 0.4) is 0 Å². The third kappa shape index (κ3) is 4.03. The molecule has 0 amide bonds. The number of imidazole rings is 1. The highest BCUT2D eigenvalue weighted by atomic mass is 32.2. The van der Waals surface area contributed by atoms with Crippen LogP contribution in [0.15, 0.2) is 53.8 Å². The highest BCUT2D eigenvalue weighted by Crippen LogP contribution is 2.32. The lowest BCUT2D eigenvalue weighted by Gasteiger charge is -2.26. The molecule has 1 aliphatic heterocycles. The van der Waals surface area contributed by atoms with Crippen LogP contribution < -0.4 is 10.0 Å². The number of hydrogen-bond acceptors (Lipinski definition) is 7. The van der Waals surface area contributed by atoms with Gasteiger partial charge >= 0.3 is 0 Å². The van der Waals surface area contributed by atoms with Crippen molar-refractivity contribution < 1.29 is 8.42 Å². The Morgan fingerprint density at radius 3 is 2.73 bits per heavy atom. The van der Waals surface area contributed by atoms with E-state index in [0.717, 1.165) is 40.9 Å². The van der Waals surface area contributed by atoms with Gasteiger partial charge in [0.2, 0.25) is 10.0 Å². The minimum Gasteiger partial charge on any atom is -0.323 e. The summed E-state index contributed by atoms with van der Waals surface area (Å²) in [5, 5.41) is 10.2.